The van der Waals surface area contributed by atoms with E-state index in [4.69, 9.17) is 4.74 Å². The van der Waals surface area contributed by atoms with Crippen molar-refractivity contribution in [2.45, 2.75) is 105 Å². The molecule has 0 aliphatic heterocycles. The summed E-state index contributed by atoms with van der Waals surface area (Å²) in [6, 6.07) is 10.2. The van der Waals surface area contributed by atoms with Crippen molar-refractivity contribution in [2.24, 2.45) is 0 Å². The third-order valence-corrected chi connectivity index (χ3v) is 5.82. The lowest BCUT2D eigenvalue weighted by atomic mass is 9.92. The number of aromatic hydroxyl groups is 1. The quantitative estimate of drug-likeness (QED) is 0.420. The van der Waals surface area contributed by atoms with Gasteiger partial charge in [0.25, 0.3) is 0 Å². The number of amides is 3. The standard InChI is InChI=1S/C31H45N3O5/c1-19(2)32-27(36)26(23-16-20(3)15-21(4)17-23)34(30(5,6)7)28(37)25(33-29(38)39-31(8,9)10)18-22-11-13-24(35)14-12-22/h11-17,19,25-26,35H,18H2,1-10H3,(H,32,36)(H,33,38). The molecular formula is C31H45N3O5. The molecule has 2 atom stereocenters. The number of carbonyl (C=O) groups is 3. The second-order valence-corrected chi connectivity index (χ2v) is 12.4. The number of hydrogen-bond donors (Lipinski definition) is 3. The van der Waals surface area contributed by atoms with E-state index in [2.05, 4.69) is 10.6 Å². The van der Waals surface area contributed by atoms with Gasteiger partial charge in [-0.15, -0.1) is 0 Å². The first-order valence-electron chi connectivity index (χ1n) is 13.4. The molecule has 2 aromatic rings. The van der Waals surface area contributed by atoms with E-state index in [0.717, 1.165) is 16.7 Å². The number of phenols is 1. The third kappa shape index (κ3) is 9.61. The predicted molar refractivity (Wildman–Crippen MR) is 154 cm³/mol. The second kappa shape index (κ2) is 12.5. The zero-order chi connectivity index (χ0) is 29.7. The molecule has 2 rings (SSSR count). The molecule has 39 heavy (non-hydrogen) atoms. The van der Waals surface area contributed by atoms with Gasteiger partial charge in [0.2, 0.25) is 11.8 Å². The van der Waals surface area contributed by atoms with Gasteiger partial charge in [-0.05, 0) is 92.5 Å². The van der Waals surface area contributed by atoms with Crippen LogP contribution in [0.4, 0.5) is 4.79 Å². The van der Waals surface area contributed by atoms with Crippen molar-refractivity contribution in [2.75, 3.05) is 0 Å². The normalized spacial score (nSPS) is 13.4. The van der Waals surface area contributed by atoms with Crippen molar-refractivity contribution in [1.29, 1.82) is 0 Å². The van der Waals surface area contributed by atoms with Crippen molar-refractivity contribution < 1.29 is 24.2 Å². The highest BCUT2D eigenvalue weighted by molar-refractivity contribution is 5.93. The fourth-order valence-corrected chi connectivity index (χ4v) is 4.48. The molecule has 0 aliphatic carbocycles. The summed E-state index contributed by atoms with van der Waals surface area (Å²) >= 11 is 0. The Labute approximate surface area is 233 Å². The van der Waals surface area contributed by atoms with E-state index in [1.807, 2.05) is 66.7 Å². The summed E-state index contributed by atoms with van der Waals surface area (Å²) in [6.07, 6.45) is -0.598. The van der Waals surface area contributed by atoms with E-state index < -0.39 is 35.2 Å². The number of phenolic OH excluding ortho intramolecular Hbond substituents is 1. The first-order chi connectivity index (χ1) is 17.9. The molecule has 0 saturated heterocycles. The summed E-state index contributed by atoms with van der Waals surface area (Å²) in [5, 5.41) is 15.5. The predicted octanol–water partition coefficient (Wildman–Crippen LogP) is 5.34. The first-order valence-corrected chi connectivity index (χ1v) is 13.4. The molecule has 0 radical (unpaired) electrons. The van der Waals surface area contributed by atoms with Crippen LogP contribution in [0.1, 0.15) is 83.7 Å². The van der Waals surface area contributed by atoms with E-state index in [0.29, 0.717) is 5.56 Å². The molecule has 0 saturated carbocycles. The molecule has 214 valence electrons. The second-order valence-electron chi connectivity index (χ2n) is 12.4. The molecule has 3 amide bonds. The van der Waals surface area contributed by atoms with Crippen molar-refractivity contribution in [3.05, 3.63) is 64.7 Å². The van der Waals surface area contributed by atoms with Crippen molar-refractivity contribution in [3.8, 4) is 5.75 Å². The number of benzene rings is 2. The lowest BCUT2D eigenvalue weighted by molar-refractivity contribution is -0.148. The maximum Gasteiger partial charge on any atom is 0.408 e. The van der Waals surface area contributed by atoms with Crippen LogP contribution in [0, 0.1) is 13.8 Å². The molecule has 2 unspecified atom stereocenters. The number of nitrogens with one attached hydrogen (secondary N) is 2. The smallest absolute Gasteiger partial charge is 0.408 e. The van der Waals surface area contributed by atoms with Crippen LogP contribution in [0.5, 0.6) is 5.75 Å². The lowest BCUT2D eigenvalue weighted by Gasteiger charge is -2.43. The van der Waals surface area contributed by atoms with Gasteiger partial charge in [-0.25, -0.2) is 4.79 Å². The SMILES string of the molecule is Cc1cc(C)cc(C(C(=O)NC(C)C)N(C(=O)C(Cc2ccc(O)cc2)NC(=O)OC(C)(C)C)C(C)(C)C)c1. The van der Waals surface area contributed by atoms with Crippen LogP contribution in [0.3, 0.4) is 0 Å². The Morgan fingerprint density at radius 2 is 1.44 bits per heavy atom. The van der Waals surface area contributed by atoms with Gasteiger partial charge >= 0.3 is 6.09 Å². The number of alkyl carbamates (subject to hydrolysis) is 1. The minimum Gasteiger partial charge on any atom is -0.508 e. The van der Waals surface area contributed by atoms with Crippen molar-refractivity contribution in [1.82, 2.24) is 15.5 Å². The Morgan fingerprint density at radius 1 is 0.897 bits per heavy atom. The van der Waals surface area contributed by atoms with Gasteiger partial charge in [0, 0.05) is 18.0 Å². The Morgan fingerprint density at radius 3 is 1.90 bits per heavy atom. The fraction of sp³-hybridized carbons (Fsp3) is 0.516. The maximum atomic E-state index is 14.5. The topological polar surface area (TPSA) is 108 Å². The van der Waals surface area contributed by atoms with Crippen molar-refractivity contribution in [3.63, 3.8) is 0 Å². The Bertz CT molecular complexity index is 1140. The molecule has 2 aromatic carbocycles. The molecule has 3 N–H and O–H groups in total. The van der Waals surface area contributed by atoms with E-state index in [1.54, 1.807) is 37.8 Å². The highest BCUT2D eigenvalue weighted by Gasteiger charge is 2.42. The number of nitrogens with zero attached hydrogens (tertiary/aromatic N) is 1. The summed E-state index contributed by atoms with van der Waals surface area (Å²) < 4.78 is 5.48. The van der Waals surface area contributed by atoms with Gasteiger partial charge in [-0.3, -0.25) is 9.59 Å². The highest BCUT2D eigenvalue weighted by Crippen LogP contribution is 2.32. The molecular weight excluding hydrogens is 494 g/mol. The van der Waals surface area contributed by atoms with Crippen LogP contribution in [-0.4, -0.2) is 51.1 Å². The van der Waals surface area contributed by atoms with E-state index in [9.17, 15) is 19.5 Å². The summed E-state index contributed by atoms with van der Waals surface area (Å²) in [4.78, 5) is 42.6. The minimum absolute atomic E-state index is 0.0956. The number of hydrogen-bond acceptors (Lipinski definition) is 5. The van der Waals surface area contributed by atoms with Crippen LogP contribution in [0.2, 0.25) is 0 Å². The number of aryl methyl sites for hydroxylation is 2. The van der Waals surface area contributed by atoms with Crippen LogP contribution in [0.15, 0.2) is 42.5 Å². The molecule has 0 heterocycles. The highest BCUT2D eigenvalue weighted by atomic mass is 16.6. The summed E-state index contributed by atoms with van der Waals surface area (Å²) in [5.74, 6) is -0.637. The van der Waals surface area contributed by atoms with Gasteiger partial charge < -0.3 is 25.4 Å². The zero-order valence-corrected chi connectivity index (χ0v) is 25.0. The lowest BCUT2D eigenvalue weighted by Crippen LogP contribution is -2.59. The Balaban J connectivity index is 2.65. The van der Waals surface area contributed by atoms with E-state index in [1.165, 1.54) is 12.1 Å². The Hall–Kier alpha value is -3.55. The molecule has 8 heteroatoms. The van der Waals surface area contributed by atoms with E-state index >= 15 is 0 Å². The molecule has 8 nitrogen and oxygen atoms in total. The molecule has 0 bridgehead atoms. The van der Waals surface area contributed by atoms with E-state index in [-0.39, 0.29) is 24.1 Å². The van der Waals surface area contributed by atoms with Crippen LogP contribution in [-0.2, 0) is 20.7 Å². The Kier molecular flexibility index (Phi) is 10.2. The first kappa shape index (κ1) is 31.7. The average molecular weight is 540 g/mol. The minimum atomic E-state index is -1.04. The average Bonchev–Trinajstić information content (AvgIpc) is 2.74. The summed E-state index contributed by atoms with van der Waals surface area (Å²) in [5.41, 5.74) is 1.80. The zero-order valence-electron chi connectivity index (χ0n) is 25.0. The number of ether oxygens (including phenoxy) is 1. The molecule has 0 spiro atoms. The summed E-state index contributed by atoms with van der Waals surface area (Å²) in [6.45, 7) is 18.5. The van der Waals surface area contributed by atoms with Crippen LogP contribution in [0.25, 0.3) is 0 Å². The van der Waals surface area contributed by atoms with Gasteiger partial charge in [-0.1, -0.05) is 41.5 Å². The fourth-order valence-electron chi connectivity index (χ4n) is 4.48. The summed E-state index contributed by atoms with van der Waals surface area (Å²) in [7, 11) is 0. The van der Waals surface area contributed by atoms with Gasteiger partial charge in [0.1, 0.15) is 23.4 Å². The molecule has 0 aliphatic rings. The third-order valence-electron chi connectivity index (χ3n) is 5.82. The van der Waals surface area contributed by atoms with Gasteiger partial charge in [-0.2, -0.15) is 0 Å². The molecule has 0 aromatic heterocycles. The van der Waals surface area contributed by atoms with Gasteiger partial charge in [0.15, 0.2) is 0 Å². The largest absolute Gasteiger partial charge is 0.508 e. The van der Waals surface area contributed by atoms with Crippen LogP contribution < -0.4 is 10.6 Å². The monoisotopic (exact) mass is 539 g/mol. The van der Waals surface area contributed by atoms with Crippen LogP contribution >= 0.6 is 0 Å². The van der Waals surface area contributed by atoms with Crippen molar-refractivity contribution >= 4 is 17.9 Å². The number of carbonyl (C=O) groups excluding carboxylic acids is 3. The molecule has 0 fully saturated rings. The maximum absolute atomic E-state index is 14.5. The van der Waals surface area contributed by atoms with Gasteiger partial charge in [0.05, 0.1) is 0 Å². The number of rotatable bonds is 8.